The number of nitrogens with one attached hydrogen (secondary N) is 1. The van der Waals surface area contributed by atoms with Crippen LogP contribution in [0.1, 0.15) is 11.1 Å². The average molecular weight is 341 g/mol. The van der Waals surface area contributed by atoms with E-state index in [2.05, 4.69) is 20.2 Å². The van der Waals surface area contributed by atoms with Crippen LogP contribution in [0.5, 0.6) is 0 Å². The quantitative estimate of drug-likeness (QED) is 0.895. The maximum absolute atomic E-state index is 12.6. The van der Waals surface area contributed by atoms with E-state index in [1.807, 2.05) is 29.2 Å². The fourth-order valence-corrected chi connectivity index (χ4v) is 2.86. The first-order valence-electron chi connectivity index (χ1n) is 8.37. The van der Waals surface area contributed by atoms with Crippen LogP contribution in [0.4, 0.5) is 10.6 Å². The molecule has 0 saturated heterocycles. The zero-order chi connectivity index (χ0) is 17.5. The Morgan fingerprint density at radius 2 is 2.16 bits per heavy atom. The molecule has 0 aliphatic carbocycles. The number of urea groups is 1. The van der Waals surface area contributed by atoms with Gasteiger partial charge in [0.05, 0.1) is 13.2 Å². The van der Waals surface area contributed by atoms with E-state index >= 15 is 0 Å². The van der Waals surface area contributed by atoms with Crippen molar-refractivity contribution in [2.75, 3.05) is 38.3 Å². The Hall–Kier alpha value is -2.67. The minimum Gasteiger partial charge on any atom is -0.383 e. The van der Waals surface area contributed by atoms with Gasteiger partial charge in [0, 0.05) is 57.4 Å². The van der Waals surface area contributed by atoms with Gasteiger partial charge in [0.1, 0.15) is 5.82 Å². The van der Waals surface area contributed by atoms with E-state index in [0.717, 1.165) is 30.0 Å². The Bertz CT molecular complexity index is 695. The van der Waals surface area contributed by atoms with Crippen LogP contribution in [-0.2, 0) is 17.8 Å². The van der Waals surface area contributed by atoms with Crippen LogP contribution in [0.3, 0.4) is 0 Å². The molecule has 0 aromatic carbocycles. The lowest BCUT2D eigenvalue weighted by Crippen LogP contribution is -2.41. The molecule has 1 aliphatic heterocycles. The van der Waals surface area contributed by atoms with Gasteiger partial charge in [0.25, 0.3) is 0 Å². The van der Waals surface area contributed by atoms with Gasteiger partial charge in [0.2, 0.25) is 0 Å². The summed E-state index contributed by atoms with van der Waals surface area (Å²) in [6.07, 6.45) is 5.27. The van der Waals surface area contributed by atoms with E-state index < -0.39 is 0 Å². The third-order valence-corrected chi connectivity index (χ3v) is 4.19. The summed E-state index contributed by atoms with van der Waals surface area (Å²) in [5.41, 5.74) is 2.03. The van der Waals surface area contributed by atoms with Gasteiger partial charge in [0.15, 0.2) is 0 Å². The minimum absolute atomic E-state index is 0.0766. The van der Waals surface area contributed by atoms with Crippen LogP contribution in [0.15, 0.2) is 42.9 Å². The van der Waals surface area contributed by atoms with Gasteiger partial charge >= 0.3 is 6.03 Å². The summed E-state index contributed by atoms with van der Waals surface area (Å²) in [5.74, 6) is 0.933. The van der Waals surface area contributed by atoms with Crippen molar-refractivity contribution >= 4 is 11.8 Å². The molecule has 1 aliphatic rings. The normalized spacial score (nSPS) is 14.0. The number of ether oxygens (including phenoxy) is 1. The number of amides is 2. The molecule has 0 atom stereocenters. The molecule has 1 N–H and O–H groups in total. The third-order valence-electron chi connectivity index (χ3n) is 4.19. The molecule has 7 nitrogen and oxygen atoms in total. The molecular formula is C18H23N5O2. The SMILES string of the molecule is COCCN1CCN(C(=O)NCc2cccnc2)Cc2cccnc21. The molecule has 25 heavy (non-hydrogen) atoms. The first-order valence-corrected chi connectivity index (χ1v) is 8.37. The molecular weight excluding hydrogens is 318 g/mol. The zero-order valence-corrected chi connectivity index (χ0v) is 14.4. The minimum atomic E-state index is -0.0766. The summed E-state index contributed by atoms with van der Waals surface area (Å²) in [7, 11) is 1.69. The second-order valence-electron chi connectivity index (χ2n) is 5.91. The lowest BCUT2D eigenvalue weighted by atomic mass is 10.2. The Morgan fingerprint density at radius 3 is 2.96 bits per heavy atom. The lowest BCUT2D eigenvalue weighted by Gasteiger charge is -2.23. The van der Waals surface area contributed by atoms with E-state index in [4.69, 9.17) is 4.74 Å². The number of fused-ring (bicyclic) bond motifs is 1. The van der Waals surface area contributed by atoms with E-state index in [9.17, 15) is 4.79 Å². The summed E-state index contributed by atoms with van der Waals surface area (Å²) in [4.78, 5) is 25.2. The predicted molar refractivity (Wildman–Crippen MR) is 95.2 cm³/mol. The van der Waals surface area contributed by atoms with Gasteiger partial charge in [-0.3, -0.25) is 4.98 Å². The van der Waals surface area contributed by atoms with Crippen LogP contribution in [-0.4, -0.2) is 54.2 Å². The van der Waals surface area contributed by atoms with Crippen molar-refractivity contribution < 1.29 is 9.53 Å². The largest absolute Gasteiger partial charge is 0.383 e. The van der Waals surface area contributed by atoms with Crippen LogP contribution in [0, 0.1) is 0 Å². The summed E-state index contributed by atoms with van der Waals surface area (Å²) in [6, 6.07) is 7.66. The Labute approximate surface area is 147 Å². The van der Waals surface area contributed by atoms with Gasteiger partial charge in [-0.05, 0) is 17.7 Å². The highest BCUT2D eigenvalue weighted by molar-refractivity contribution is 5.74. The number of rotatable bonds is 5. The number of methoxy groups -OCH3 is 1. The number of aromatic nitrogens is 2. The van der Waals surface area contributed by atoms with Crippen molar-refractivity contribution in [3.05, 3.63) is 54.0 Å². The smallest absolute Gasteiger partial charge is 0.318 e. The second kappa shape index (κ2) is 8.43. The van der Waals surface area contributed by atoms with Gasteiger partial charge in [-0.1, -0.05) is 12.1 Å². The topological polar surface area (TPSA) is 70.6 Å². The first-order chi connectivity index (χ1) is 12.3. The maximum Gasteiger partial charge on any atom is 0.318 e. The molecule has 3 rings (SSSR count). The Morgan fingerprint density at radius 1 is 1.28 bits per heavy atom. The molecule has 3 heterocycles. The standard InChI is InChI=1S/C18H23N5O2/c1-25-11-10-22-8-9-23(14-16-5-3-7-20-17(16)22)18(24)21-13-15-4-2-6-19-12-15/h2-7,12H,8-11,13-14H2,1H3,(H,21,24). The summed E-state index contributed by atoms with van der Waals surface area (Å²) in [6.45, 7) is 3.77. The fraction of sp³-hybridized carbons (Fsp3) is 0.389. The van der Waals surface area contributed by atoms with E-state index in [1.54, 1.807) is 25.7 Å². The summed E-state index contributed by atoms with van der Waals surface area (Å²) < 4.78 is 5.19. The van der Waals surface area contributed by atoms with Crippen molar-refractivity contribution in [3.63, 3.8) is 0 Å². The van der Waals surface area contributed by atoms with E-state index in [0.29, 0.717) is 26.2 Å². The molecule has 132 valence electrons. The highest BCUT2D eigenvalue weighted by Gasteiger charge is 2.23. The van der Waals surface area contributed by atoms with Crippen LogP contribution >= 0.6 is 0 Å². The molecule has 2 amide bonds. The fourth-order valence-electron chi connectivity index (χ4n) is 2.86. The highest BCUT2D eigenvalue weighted by atomic mass is 16.5. The monoisotopic (exact) mass is 341 g/mol. The Kier molecular flexibility index (Phi) is 5.79. The van der Waals surface area contributed by atoms with E-state index in [-0.39, 0.29) is 6.03 Å². The van der Waals surface area contributed by atoms with E-state index in [1.165, 1.54) is 0 Å². The maximum atomic E-state index is 12.6. The molecule has 0 radical (unpaired) electrons. The number of carbonyl (C=O) groups is 1. The molecule has 0 saturated carbocycles. The van der Waals surface area contributed by atoms with Gasteiger partial charge in [-0.2, -0.15) is 0 Å². The van der Waals surface area contributed by atoms with Gasteiger partial charge in [-0.25, -0.2) is 9.78 Å². The first kappa shape index (κ1) is 17.2. The molecule has 0 fully saturated rings. The van der Waals surface area contributed by atoms with Crippen LogP contribution < -0.4 is 10.2 Å². The zero-order valence-electron chi connectivity index (χ0n) is 14.4. The second-order valence-corrected chi connectivity index (χ2v) is 5.91. The van der Waals surface area contributed by atoms with Crippen molar-refractivity contribution in [2.24, 2.45) is 0 Å². The Balaban J connectivity index is 1.67. The molecule has 0 unspecified atom stereocenters. The van der Waals surface area contributed by atoms with Crippen LogP contribution in [0.25, 0.3) is 0 Å². The lowest BCUT2D eigenvalue weighted by molar-refractivity contribution is 0.195. The number of hydrogen-bond donors (Lipinski definition) is 1. The van der Waals surface area contributed by atoms with Crippen molar-refractivity contribution in [3.8, 4) is 0 Å². The van der Waals surface area contributed by atoms with Crippen molar-refractivity contribution in [2.45, 2.75) is 13.1 Å². The number of hydrogen-bond acceptors (Lipinski definition) is 5. The number of anilines is 1. The van der Waals surface area contributed by atoms with Crippen molar-refractivity contribution in [1.82, 2.24) is 20.2 Å². The molecule has 2 aromatic rings. The molecule has 7 heteroatoms. The molecule has 2 aromatic heterocycles. The summed E-state index contributed by atoms with van der Waals surface area (Å²) in [5, 5.41) is 2.97. The number of nitrogens with zero attached hydrogens (tertiary/aromatic N) is 4. The third kappa shape index (κ3) is 4.45. The molecule has 0 spiro atoms. The molecule has 0 bridgehead atoms. The predicted octanol–water partition coefficient (Wildman–Crippen LogP) is 1.65. The average Bonchev–Trinajstić information content (AvgIpc) is 2.85. The number of carbonyl (C=O) groups excluding carboxylic acids is 1. The van der Waals surface area contributed by atoms with Crippen LogP contribution in [0.2, 0.25) is 0 Å². The van der Waals surface area contributed by atoms with Gasteiger partial charge in [-0.15, -0.1) is 0 Å². The number of pyridine rings is 2. The van der Waals surface area contributed by atoms with Gasteiger partial charge < -0.3 is 19.9 Å². The van der Waals surface area contributed by atoms with Crippen molar-refractivity contribution in [1.29, 1.82) is 0 Å². The summed E-state index contributed by atoms with van der Waals surface area (Å²) >= 11 is 0. The highest BCUT2D eigenvalue weighted by Crippen LogP contribution is 2.22.